The van der Waals surface area contributed by atoms with E-state index >= 15 is 0 Å². The maximum atomic E-state index is 11.4. The van der Waals surface area contributed by atoms with Gasteiger partial charge in [0.05, 0.1) is 0 Å². The first-order chi connectivity index (χ1) is 16.6. The summed E-state index contributed by atoms with van der Waals surface area (Å²) < 4.78 is 0. The van der Waals surface area contributed by atoms with Crippen molar-refractivity contribution >= 4 is 34.7 Å². The van der Waals surface area contributed by atoms with E-state index in [1.165, 1.54) is 19.3 Å². The second kappa shape index (κ2) is 16.2. The van der Waals surface area contributed by atoms with Crippen LogP contribution in [0.25, 0.3) is 0 Å². The quantitative estimate of drug-likeness (QED) is 0.237. The average molecular weight is 595 g/mol. The molecule has 7 heteroatoms. The van der Waals surface area contributed by atoms with Crippen LogP contribution in [0.5, 0.6) is 0 Å². The Morgan fingerprint density at radius 2 is 0.350 bits per heavy atom. The Bertz CT molecular complexity index is 693. The summed E-state index contributed by atoms with van der Waals surface area (Å²) in [6.45, 7) is 32.5. The standard InChI is InChI=1S/3C11H19O2.Sc/c3*1-10(2,3)8(12)7-9(13)11(4,5)6;/h3*7H,1-6H3;/q3*-1;+3. The van der Waals surface area contributed by atoms with Gasteiger partial charge in [-0.25, -0.2) is 0 Å². The summed E-state index contributed by atoms with van der Waals surface area (Å²) >= 11 is 0. The van der Waals surface area contributed by atoms with E-state index < -0.39 is 32.5 Å². The minimum atomic E-state index is -0.457. The Kier molecular flexibility index (Phi) is 18.4. The summed E-state index contributed by atoms with van der Waals surface area (Å²) in [6.07, 6.45) is 3.67. The molecule has 0 aliphatic carbocycles. The van der Waals surface area contributed by atoms with Crippen molar-refractivity contribution in [1.29, 1.82) is 0 Å². The number of rotatable bonds is 6. The van der Waals surface area contributed by atoms with Gasteiger partial charge in [0.15, 0.2) is 0 Å². The van der Waals surface area contributed by atoms with Crippen molar-refractivity contribution in [3.05, 3.63) is 19.3 Å². The van der Waals surface area contributed by atoms with Crippen molar-refractivity contribution in [2.24, 2.45) is 32.5 Å². The molecule has 0 aliphatic heterocycles. The maximum Gasteiger partial charge on any atom is 3.00 e. The number of hydrogen-bond donors (Lipinski definition) is 0. The zero-order valence-corrected chi connectivity index (χ0v) is 30.6. The van der Waals surface area contributed by atoms with Crippen molar-refractivity contribution in [2.75, 3.05) is 0 Å². The first-order valence-electron chi connectivity index (χ1n) is 13.5. The van der Waals surface area contributed by atoms with Gasteiger partial charge < -0.3 is 28.8 Å². The van der Waals surface area contributed by atoms with E-state index in [9.17, 15) is 28.8 Å². The molecular weight excluding hydrogens is 537 g/mol. The molecule has 0 aromatic rings. The fourth-order valence-corrected chi connectivity index (χ4v) is 1.66. The van der Waals surface area contributed by atoms with Crippen LogP contribution < -0.4 is 0 Å². The maximum absolute atomic E-state index is 11.4. The van der Waals surface area contributed by atoms with Crippen LogP contribution in [0.2, 0.25) is 0 Å². The Hall–Kier alpha value is -1.50. The van der Waals surface area contributed by atoms with Gasteiger partial charge in [0.2, 0.25) is 0 Å². The second-order valence-corrected chi connectivity index (χ2v) is 16.1. The second-order valence-electron chi connectivity index (χ2n) is 16.1. The molecule has 0 saturated heterocycles. The van der Waals surface area contributed by atoms with E-state index in [4.69, 9.17) is 0 Å². The Balaban J connectivity index is -0.000000240. The topological polar surface area (TPSA) is 102 Å². The summed E-state index contributed by atoms with van der Waals surface area (Å²) in [4.78, 5) is 68.7. The monoisotopic (exact) mass is 594 g/mol. The van der Waals surface area contributed by atoms with E-state index in [2.05, 4.69) is 0 Å². The summed E-state index contributed by atoms with van der Waals surface area (Å²) in [5.74, 6) is -0.625. The molecule has 0 radical (unpaired) electrons. The molecule has 0 atom stereocenters. The molecule has 6 nitrogen and oxygen atoms in total. The molecule has 0 bridgehead atoms. The molecule has 0 saturated carbocycles. The number of carbonyl (C=O) groups is 6. The summed E-state index contributed by atoms with van der Waals surface area (Å²) in [5.41, 5.74) is -2.74. The third kappa shape index (κ3) is 21.3. The molecule has 0 rings (SSSR count). The van der Waals surface area contributed by atoms with Gasteiger partial charge in [0.25, 0.3) is 0 Å². The van der Waals surface area contributed by atoms with Gasteiger partial charge in [-0.05, 0) is 32.5 Å². The van der Waals surface area contributed by atoms with Crippen LogP contribution in [0.1, 0.15) is 125 Å². The van der Waals surface area contributed by atoms with Crippen molar-refractivity contribution in [1.82, 2.24) is 0 Å². The van der Waals surface area contributed by atoms with E-state index in [-0.39, 0.29) is 60.5 Å². The molecule has 0 aromatic heterocycles. The van der Waals surface area contributed by atoms with Crippen molar-refractivity contribution in [2.45, 2.75) is 125 Å². The van der Waals surface area contributed by atoms with Gasteiger partial charge in [0, 0.05) is 34.7 Å². The van der Waals surface area contributed by atoms with Crippen LogP contribution in [0, 0.1) is 51.8 Å². The first-order valence-corrected chi connectivity index (χ1v) is 13.5. The fraction of sp³-hybridized carbons (Fsp3) is 0.727. The van der Waals surface area contributed by atoms with Crippen molar-refractivity contribution in [3.63, 3.8) is 0 Å². The van der Waals surface area contributed by atoms with Crippen LogP contribution >= 0.6 is 0 Å². The minimum Gasteiger partial charge on any atom is -0.333 e. The summed E-state index contributed by atoms with van der Waals surface area (Å²) in [7, 11) is 0. The molecule has 0 aromatic carbocycles. The molecule has 0 unspecified atom stereocenters. The Morgan fingerprint density at radius 3 is 0.400 bits per heavy atom. The van der Waals surface area contributed by atoms with E-state index in [1.807, 2.05) is 125 Å². The number of carbonyl (C=O) groups excluding carboxylic acids is 6. The zero-order chi connectivity index (χ0) is 32.6. The van der Waals surface area contributed by atoms with Crippen LogP contribution in [-0.4, -0.2) is 34.7 Å². The van der Waals surface area contributed by atoms with E-state index in [1.54, 1.807) is 0 Å². The molecule has 228 valence electrons. The van der Waals surface area contributed by atoms with Gasteiger partial charge in [-0.1, -0.05) is 125 Å². The average Bonchev–Trinajstić information content (AvgIpc) is 2.64. The largest absolute Gasteiger partial charge is 3.00 e. The smallest absolute Gasteiger partial charge is 0.333 e. The summed E-state index contributed by atoms with van der Waals surface area (Å²) in [6, 6.07) is 0. The zero-order valence-electron chi connectivity index (χ0n) is 28.8. The van der Waals surface area contributed by atoms with Gasteiger partial charge in [-0.2, -0.15) is 0 Å². The molecule has 0 aliphatic rings. The molecule has 0 spiro atoms. The van der Waals surface area contributed by atoms with Crippen LogP contribution in [0.4, 0.5) is 0 Å². The normalized spacial score (nSPS) is 12.2. The minimum absolute atomic E-state index is 0. The predicted molar refractivity (Wildman–Crippen MR) is 160 cm³/mol. The molecular formula is C33H57O6Sc. The fourth-order valence-electron chi connectivity index (χ4n) is 1.66. The van der Waals surface area contributed by atoms with Crippen LogP contribution in [0.15, 0.2) is 0 Å². The summed E-state index contributed by atoms with van der Waals surface area (Å²) in [5, 5.41) is 0. The molecule has 0 N–H and O–H groups in total. The number of ketones is 6. The Labute approximate surface area is 264 Å². The molecule has 0 fully saturated rings. The van der Waals surface area contributed by atoms with Crippen LogP contribution in [-0.2, 0) is 54.6 Å². The molecule has 40 heavy (non-hydrogen) atoms. The van der Waals surface area contributed by atoms with Gasteiger partial charge in [-0.15, -0.1) is 0 Å². The Morgan fingerprint density at radius 1 is 0.275 bits per heavy atom. The van der Waals surface area contributed by atoms with Crippen LogP contribution in [0.3, 0.4) is 0 Å². The molecule has 0 amide bonds. The third-order valence-electron chi connectivity index (χ3n) is 5.22. The van der Waals surface area contributed by atoms with E-state index in [0.29, 0.717) is 0 Å². The van der Waals surface area contributed by atoms with Gasteiger partial charge >= 0.3 is 25.8 Å². The predicted octanol–water partition coefficient (Wildman–Crippen LogP) is 7.26. The van der Waals surface area contributed by atoms with Crippen molar-refractivity contribution in [3.8, 4) is 0 Å². The van der Waals surface area contributed by atoms with E-state index in [0.717, 1.165) is 0 Å². The SMILES string of the molecule is CC(C)(C)C(=O)[CH-]C(=O)C(C)(C)C.CC(C)(C)C(=O)[CH-]C(=O)C(C)(C)C.CC(C)(C)C(=O)[CH-]C(=O)C(C)(C)C.[Sc+3]. The number of Topliss-reactive ketones (excluding diaryl/α,β-unsaturated/α-hetero) is 6. The number of hydrogen-bond acceptors (Lipinski definition) is 6. The van der Waals surface area contributed by atoms with Crippen molar-refractivity contribution < 1.29 is 54.6 Å². The third-order valence-corrected chi connectivity index (χ3v) is 5.22. The first kappa shape index (κ1) is 45.5. The van der Waals surface area contributed by atoms with Gasteiger partial charge in [0.1, 0.15) is 0 Å². The van der Waals surface area contributed by atoms with Gasteiger partial charge in [-0.3, -0.25) is 19.3 Å². The molecule has 0 heterocycles.